The Morgan fingerprint density at radius 3 is 2.22 bits per heavy atom. The summed E-state index contributed by atoms with van der Waals surface area (Å²) in [5.41, 5.74) is 2.82. The summed E-state index contributed by atoms with van der Waals surface area (Å²) in [4.78, 5) is 0. The van der Waals surface area contributed by atoms with Gasteiger partial charge in [-0.3, -0.25) is 0 Å². The van der Waals surface area contributed by atoms with Crippen molar-refractivity contribution in [3.05, 3.63) is 70.8 Å². The molecule has 1 heterocycles. The van der Waals surface area contributed by atoms with Crippen LogP contribution in [0.2, 0.25) is 18.1 Å². The molecule has 142 valence electrons. The highest BCUT2D eigenvalue weighted by Crippen LogP contribution is 2.35. The fourth-order valence-corrected chi connectivity index (χ4v) is 7.50. The van der Waals surface area contributed by atoms with Crippen molar-refractivity contribution >= 4 is 8.80 Å². The van der Waals surface area contributed by atoms with Crippen LogP contribution in [-0.4, -0.2) is 8.80 Å². The number of unbranched alkanes of at least 4 members (excludes halogenated alkanes) is 2. The second-order valence-corrected chi connectivity index (χ2v) is 11.2. The number of halogens is 2. The molecule has 0 nitrogen and oxygen atoms in total. The zero-order valence-electron chi connectivity index (χ0n) is 16.1. The molecule has 1 aliphatic rings. The van der Waals surface area contributed by atoms with Gasteiger partial charge in [-0.1, -0.05) is 68.3 Å². The van der Waals surface area contributed by atoms with Crippen molar-refractivity contribution in [3.63, 3.8) is 0 Å². The summed E-state index contributed by atoms with van der Waals surface area (Å²) < 4.78 is 26.2. The summed E-state index contributed by atoms with van der Waals surface area (Å²) in [6, 6.07) is 16.8. The van der Waals surface area contributed by atoms with Crippen LogP contribution >= 0.6 is 0 Å². The molecule has 0 atom stereocenters. The van der Waals surface area contributed by atoms with Gasteiger partial charge in [0.1, 0.15) is 0 Å². The molecule has 0 saturated carbocycles. The van der Waals surface area contributed by atoms with E-state index in [0.29, 0.717) is 11.5 Å². The van der Waals surface area contributed by atoms with Crippen molar-refractivity contribution in [2.45, 2.75) is 63.1 Å². The maximum Gasteiger partial charge on any atom is 0.160 e. The number of hydrogen-bond acceptors (Lipinski definition) is 0. The van der Waals surface area contributed by atoms with Gasteiger partial charge in [-0.15, -0.1) is 0 Å². The fraction of sp³-hybridized carbons (Fsp3) is 0.417. The summed E-state index contributed by atoms with van der Waals surface area (Å²) in [5, 5.41) is 0. The molecule has 0 amide bonds. The summed E-state index contributed by atoms with van der Waals surface area (Å²) in [6.45, 7) is 2.28. The first-order valence-electron chi connectivity index (χ1n) is 10.2. The van der Waals surface area contributed by atoms with Crippen molar-refractivity contribution in [3.8, 4) is 11.8 Å². The van der Waals surface area contributed by atoms with Gasteiger partial charge >= 0.3 is 0 Å². The predicted molar refractivity (Wildman–Crippen MR) is 112 cm³/mol. The summed E-state index contributed by atoms with van der Waals surface area (Å²) >= 11 is 0. The Hall–Kier alpha value is -1.92. The lowest BCUT2D eigenvalue weighted by Gasteiger charge is -2.28. The van der Waals surface area contributed by atoms with Crippen LogP contribution in [0.5, 0.6) is 0 Å². The average molecular weight is 383 g/mol. The van der Waals surface area contributed by atoms with E-state index in [9.17, 15) is 8.78 Å². The third-order valence-corrected chi connectivity index (χ3v) is 9.24. The molecular weight excluding hydrogens is 354 g/mol. The largest absolute Gasteiger partial charge is 0.204 e. The summed E-state index contributed by atoms with van der Waals surface area (Å²) in [5.74, 6) is 4.95. The second kappa shape index (κ2) is 9.85. The molecule has 0 spiro atoms. The van der Waals surface area contributed by atoms with Crippen LogP contribution in [0.15, 0.2) is 42.5 Å². The van der Waals surface area contributed by atoms with E-state index >= 15 is 0 Å². The number of rotatable bonds is 5. The lowest BCUT2D eigenvalue weighted by molar-refractivity contribution is 0.508. The van der Waals surface area contributed by atoms with Crippen LogP contribution < -0.4 is 0 Å². The van der Waals surface area contributed by atoms with Crippen molar-refractivity contribution in [1.82, 2.24) is 0 Å². The third kappa shape index (κ3) is 5.78. The molecule has 0 N–H and O–H groups in total. The molecular formula is C24H28F2Si. The molecule has 2 aromatic carbocycles. The van der Waals surface area contributed by atoms with Crippen LogP contribution in [0.3, 0.4) is 0 Å². The van der Waals surface area contributed by atoms with Crippen molar-refractivity contribution in [1.29, 1.82) is 0 Å². The van der Waals surface area contributed by atoms with Crippen LogP contribution in [0.4, 0.5) is 8.78 Å². The molecule has 27 heavy (non-hydrogen) atoms. The maximum absolute atomic E-state index is 13.2. The molecule has 0 aliphatic carbocycles. The zero-order valence-corrected chi connectivity index (χ0v) is 17.3. The Morgan fingerprint density at radius 1 is 0.889 bits per heavy atom. The van der Waals surface area contributed by atoms with E-state index in [2.05, 4.69) is 30.9 Å². The SMILES string of the molecule is CCCCC[Si@H]1CC[C@H](c2ccc(C#Cc3ccc(F)c(F)c3)cc2)CC1. The maximum atomic E-state index is 13.2. The van der Waals surface area contributed by atoms with E-state index in [1.54, 1.807) is 6.04 Å². The van der Waals surface area contributed by atoms with Gasteiger partial charge < -0.3 is 0 Å². The minimum Gasteiger partial charge on any atom is -0.204 e. The van der Waals surface area contributed by atoms with E-state index in [1.165, 1.54) is 55.8 Å². The molecule has 0 radical (unpaired) electrons. The van der Waals surface area contributed by atoms with E-state index < -0.39 is 20.4 Å². The first-order valence-corrected chi connectivity index (χ1v) is 12.7. The molecule has 0 aromatic heterocycles. The predicted octanol–water partition coefficient (Wildman–Crippen LogP) is 6.66. The minimum atomic E-state index is -0.856. The van der Waals surface area contributed by atoms with Gasteiger partial charge in [-0.25, -0.2) is 8.78 Å². The van der Waals surface area contributed by atoms with E-state index in [-0.39, 0.29) is 0 Å². The normalized spacial score (nSPS) is 19.4. The molecule has 3 heteroatoms. The minimum absolute atomic E-state index is 0.463. The fourth-order valence-electron chi connectivity index (χ4n) is 4.02. The molecule has 1 saturated heterocycles. The molecule has 0 unspecified atom stereocenters. The van der Waals surface area contributed by atoms with Gasteiger partial charge in [-0.2, -0.15) is 0 Å². The van der Waals surface area contributed by atoms with Crippen molar-refractivity contribution in [2.24, 2.45) is 0 Å². The highest BCUT2D eigenvalue weighted by atomic mass is 28.3. The first kappa shape index (κ1) is 19.8. The Labute approximate surface area is 163 Å². The smallest absolute Gasteiger partial charge is 0.160 e. The summed E-state index contributed by atoms with van der Waals surface area (Å²) in [7, 11) is -0.463. The standard InChI is InChI=1S/C24H28F2Si/c1-2-3-4-15-27-16-13-22(14-17-27)21-10-7-19(8-11-21)5-6-20-9-12-23(25)24(26)18-20/h7-12,18,22,27H,2-4,13-17H2,1H3/t22-,27-. The Bertz CT molecular complexity index is 793. The topological polar surface area (TPSA) is 0 Å². The molecule has 1 aliphatic heterocycles. The molecule has 1 fully saturated rings. The number of hydrogen-bond donors (Lipinski definition) is 0. The molecule has 2 aromatic rings. The highest BCUT2D eigenvalue weighted by molar-refractivity contribution is 6.59. The van der Waals surface area contributed by atoms with Gasteiger partial charge in [0.25, 0.3) is 0 Å². The molecule has 0 bridgehead atoms. The van der Waals surface area contributed by atoms with Crippen molar-refractivity contribution < 1.29 is 8.78 Å². The molecule has 3 rings (SSSR count). The van der Waals surface area contributed by atoms with E-state index in [4.69, 9.17) is 0 Å². The second-order valence-electron chi connectivity index (χ2n) is 7.71. The Morgan fingerprint density at radius 2 is 1.56 bits per heavy atom. The highest BCUT2D eigenvalue weighted by Gasteiger charge is 2.22. The van der Waals surface area contributed by atoms with Crippen LogP contribution in [0.1, 0.15) is 61.6 Å². The Balaban J connectivity index is 1.55. The quantitative estimate of drug-likeness (QED) is 0.308. The monoisotopic (exact) mass is 382 g/mol. The van der Waals surface area contributed by atoms with E-state index in [1.807, 2.05) is 12.1 Å². The number of benzene rings is 2. The van der Waals surface area contributed by atoms with Crippen LogP contribution in [0, 0.1) is 23.5 Å². The zero-order chi connectivity index (χ0) is 19.1. The lowest BCUT2D eigenvalue weighted by Crippen LogP contribution is -2.20. The van der Waals surface area contributed by atoms with Gasteiger partial charge in [0, 0.05) is 19.9 Å². The van der Waals surface area contributed by atoms with Gasteiger partial charge in [0.05, 0.1) is 0 Å². The van der Waals surface area contributed by atoms with Crippen LogP contribution in [-0.2, 0) is 0 Å². The lowest BCUT2D eigenvalue weighted by atomic mass is 9.93. The van der Waals surface area contributed by atoms with Gasteiger partial charge in [0.15, 0.2) is 11.6 Å². The third-order valence-electron chi connectivity index (χ3n) is 5.72. The van der Waals surface area contributed by atoms with Gasteiger partial charge in [0.2, 0.25) is 0 Å². The Kier molecular flexibility index (Phi) is 7.23. The van der Waals surface area contributed by atoms with E-state index in [0.717, 1.165) is 17.7 Å². The summed E-state index contributed by atoms with van der Waals surface area (Å²) in [6.07, 6.45) is 6.88. The van der Waals surface area contributed by atoms with Gasteiger partial charge in [-0.05, 0) is 54.7 Å². The average Bonchev–Trinajstić information content (AvgIpc) is 2.70. The van der Waals surface area contributed by atoms with Crippen LogP contribution in [0.25, 0.3) is 0 Å². The first-order chi connectivity index (χ1) is 13.2. The van der Waals surface area contributed by atoms with Crippen molar-refractivity contribution in [2.75, 3.05) is 0 Å².